The summed E-state index contributed by atoms with van der Waals surface area (Å²) in [5, 5.41) is 0. The Hall–Kier alpha value is -2.13. The molecule has 1 amide bonds. The number of hydrogen-bond acceptors (Lipinski definition) is 2. The van der Waals surface area contributed by atoms with Gasteiger partial charge in [0.05, 0.1) is 0 Å². The van der Waals surface area contributed by atoms with Gasteiger partial charge in [-0.3, -0.25) is 9.69 Å². The van der Waals surface area contributed by atoms with E-state index in [4.69, 9.17) is 0 Å². The largest absolute Gasteiger partial charge is 0.312 e. The summed E-state index contributed by atoms with van der Waals surface area (Å²) in [7, 11) is 0. The van der Waals surface area contributed by atoms with Gasteiger partial charge >= 0.3 is 0 Å². The average Bonchev–Trinajstić information content (AvgIpc) is 2.87. The first-order valence-corrected chi connectivity index (χ1v) is 7.86. The fourth-order valence-corrected chi connectivity index (χ4v) is 3.81. The number of hydrogen-bond donors (Lipinski definition) is 0. The molecule has 3 nitrogen and oxygen atoms in total. The monoisotopic (exact) mass is 292 g/mol. The molecule has 2 heterocycles. The molecule has 2 fully saturated rings. The molecule has 2 aromatic carbocycles. The zero-order valence-electron chi connectivity index (χ0n) is 12.6. The fourth-order valence-electron chi connectivity index (χ4n) is 3.81. The Morgan fingerprint density at radius 2 is 1.50 bits per heavy atom. The number of carbonyl (C=O) groups is 1. The van der Waals surface area contributed by atoms with Gasteiger partial charge in [0.1, 0.15) is 0 Å². The van der Waals surface area contributed by atoms with Crippen LogP contribution in [0.1, 0.15) is 12.0 Å². The molecular formula is C19H20N2O. The van der Waals surface area contributed by atoms with Crippen LogP contribution in [0.15, 0.2) is 60.7 Å². The van der Waals surface area contributed by atoms with Gasteiger partial charge in [0.15, 0.2) is 0 Å². The number of nitrogens with zero attached hydrogens (tertiary/aromatic N) is 2. The van der Waals surface area contributed by atoms with E-state index in [0.29, 0.717) is 6.42 Å². The second-order valence-electron chi connectivity index (χ2n) is 6.62. The molecule has 0 radical (unpaired) electrons. The van der Waals surface area contributed by atoms with Crippen LogP contribution in [0, 0.1) is 5.41 Å². The van der Waals surface area contributed by atoms with E-state index in [1.54, 1.807) is 0 Å². The van der Waals surface area contributed by atoms with Crippen molar-refractivity contribution in [2.45, 2.75) is 13.0 Å². The van der Waals surface area contributed by atoms with Crippen LogP contribution in [0.3, 0.4) is 0 Å². The zero-order valence-corrected chi connectivity index (χ0v) is 12.6. The lowest BCUT2D eigenvalue weighted by Gasteiger charge is -2.47. The van der Waals surface area contributed by atoms with E-state index in [1.807, 2.05) is 35.2 Å². The Morgan fingerprint density at radius 3 is 2.18 bits per heavy atom. The van der Waals surface area contributed by atoms with Crippen molar-refractivity contribution in [3.05, 3.63) is 66.2 Å². The van der Waals surface area contributed by atoms with Gasteiger partial charge in [0.25, 0.3) is 0 Å². The summed E-state index contributed by atoms with van der Waals surface area (Å²) in [5.41, 5.74) is 2.55. The summed E-state index contributed by atoms with van der Waals surface area (Å²) >= 11 is 0. The van der Waals surface area contributed by atoms with Gasteiger partial charge < -0.3 is 4.90 Å². The van der Waals surface area contributed by atoms with Crippen LogP contribution in [0.5, 0.6) is 0 Å². The van der Waals surface area contributed by atoms with Crippen LogP contribution in [-0.4, -0.2) is 30.4 Å². The predicted octanol–water partition coefficient (Wildman–Crippen LogP) is 2.93. The lowest BCUT2D eigenvalue weighted by atomic mass is 9.78. The van der Waals surface area contributed by atoms with Crippen molar-refractivity contribution in [3.8, 4) is 0 Å². The molecular weight excluding hydrogens is 272 g/mol. The molecule has 3 heteroatoms. The van der Waals surface area contributed by atoms with Crippen molar-refractivity contribution in [1.29, 1.82) is 0 Å². The third kappa shape index (κ3) is 2.42. The quantitative estimate of drug-likeness (QED) is 0.868. The maximum Gasteiger partial charge on any atom is 0.227 e. The number of anilines is 1. The number of para-hydroxylation sites is 1. The van der Waals surface area contributed by atoms with Gasteiger partial charge in [-0.1, -0.05) is 48.5 Å². The maximum atomic E-state index is 12.4. The first-order chi connectivity index (χ1) is 10.7. The topological polar surface area (TPSA) is 23.6 Å². The standard InChI is InChI=1S/C19H20N2O/c22-18-11-19(15-21(18)17-9-5-2-6-10-17)13-20(14-19)12-16-7-3-1-4-8-16/h1-10H,11-15H2. The highest BCUT2D eigenvalue weighted by atomic mass is 16.2. The zero-order chi connectivity index (χ0) is 15.0. The number of carbonyl (C=O) groups excluding carboxylic acids is 1. The van der Waals surface area contributed by atoms with E-state index < -0.39 is 0 Å². The van der Waals surface area contributed by atoms with E-state index in [-0.39, 0.29) is 11.3 Å². The molecule has 0 aliphatic carbocycles. The van der Waals surface area contributed by atoms with E-state index in [1.165, 1.54) is 5.56 Å². The summed E-state index contributed by atoms with van der Waals surface area (Å²) in [6.45, 7) is 3.90. The summed E-state index contributed by atoms with van der Waals surface area (Å²) in [6, 6.07) is 20.6. The minimum atomic E-state index is 0.168. The van der Waals surface area contributed by atoms with Crippen molar-refractivity contribution in [3.63, 3.8) is 0 Å². The first kappa shape index (κ1) is 13.5. The van der Waals surface area contributed by atoms with Crippen molar-refractivity contribution in [2.24, 2.45) is 5.41 Å². The highest BCUT2D eigenvalue weighted by Gasteiger charge is 2.51. The van der Waals surface area contributed by atoms with E-state index in [0.717, 1.165) is 31.9 Å². The minimum absolute atomic E-state index is 0.168. The van der Waals surface area contributed by atoms with Gasteiger partial charge in [0, 0.05) is 43.7 Å². The summed E-state index contributed by atoms with van der Waals surface area (Å²) in [6.07, 6.45) is 0.688. The summed E-state index contributed by atoms with van der Waals surface area (Å²) < 4.78 is 0. The number of amides is 1. The molecule has 2 aliphatic rings. The Balaban J connectivity index is 1.40. The lowest BCUT2D eigenvalue weighted by molar-refractivity contribution is -0.119. The number of benzene rings is 2. The van der Waals surface area contributed by atoms with E-state index >= 15 is 0 Å². The van der Waals surface area contributed by atoms with Crippen LogP contribution >= 0.6 is 0 Å². The van der Waals surface area contributed by atoms with Gasteiger partial charge in [-0.15, -0.1) is 0 Å². The molecule has 4 rings (SSSR count). The molecule has 0 N–H and O–H groups in total. The van der Waals surface area contributed by atoms with Crippen LogP contribution < -0.4 is 4.90 Å². The summed E-state index contributed by atoms with van der Waals surface area (Å²) in [4.78, 5) is 16.8. The van der Waals surface area contributed by atoms with Gasteiger partial charge in [-0.2, -0.15) is 0 Å². The third-order valence-corrected chi connectivity index (χ3v) is 4.76. The molecule has 22 heavy (non-hydrogen) atoms. The molecule has 112 valence electrons. The van der Waals surface area contributed by atoms with Gasteiger partial charge in [-0.05, 0) is 17.7 Å². The molecule has 2 aromatic rings. The second-order valence-corrected chi connectivity index (χ2v) is 6.62. The SMILES string of the molecule is O=C1CC2(CN(Cc3ccccc3)C2)CN1c1ccccc1. The molecule has 0 aromatic heterocycles. The molecule has 0 unspecified atom stereocenters. The summed E-state index contributed by atoms with van der Waals surface area (Å²) in [5.74, 6) is 0.269. The molecule has 0 saturated carbocycles. The Kier molecular flexibility index (Phi) is 3.23. The number of likely N-dealkylation sites (tertiary alicyclic amines) is 1. The van der Waals surface area contributed by atoms with E-state index in [9.17, 15) is 4.79 Å². The van der Waals surface area contributed by atoms with Crippen molar-refractivity contribution in [2.75, 3.05) is 24.5 Å². The van der Waals surface area contributed by atoms with Gasteiger partial charge in [-0.25, -0.2) is 0 Å². The van der Waals surface area contributed by atoms with Crippen LogP contribution in [0.2, 0.25) is 0 Å². The van der Waals surface area contributed by atoms with Crippen molar-refractivity contribution in [1.82, 2.24) is 4.90 Å². The normalized spacial score (nSPS) is 20.4. The fraction of sp³-hybridized carbons (Fsp3) is 0.316. The van der Waals surface area contributed by atoms with Crippen LogP contribution in [0.4, 0.5) is 5.69 Å². The molecule has 0 bridgehead atoms. The van der Waals surface area contributed by atoms with Crippen LogP contribution in [0.25, 0.3) is 0 Å². The average molecular weight is 292 g/mol. The third-order valence-electron chi connectivity index (χ3n) is 4.76. The maximum absolute atomic E-state index is 12.4. The second kappa shape index (κ2) is 5.25. The molecule has 2 aliphatic heterocycles. The molecule has 1 spiro atoms. The smallest absolute Gasteiger partial charge is 0.227 e. The molecule has 2 saturated heterocycles. The minimum Gasteiger partial charge on any atom is -0.312 e. The van der Waals surface area contributed by atoms with Crippen molar-refractivity contribution >= 4 is 11.6 Å². The van der Waals surface area contributed by atoms with Crippen molar-refractivity contribution < 1.29 is 4.79 Å². The lowest BCUT2D eigenvalue weighted by Crippen LogP contribution is -2.56. The number of rotatable bonds is 3. The highest BCUT2D eigenvalue weighted by molar-refractivity contribution is 5.96. The van der Waals surface area contributed by atoms with Gasteiger partial charge in [0.2, 0.25) is 5.91 Å². The molecule has 0 atom stereocenters. The Labute approximate surface area is 131 Å². The Morgan fingerprint density at radius 1 is 0.864 bits per heavy atom. The predicted molar refractivity (Wildman–Crippen MR) is 87.6 cm³/mol. The van der Waals surface area contributed by atoms with Crippen LogP contribution in [-0.2, 0) is 11.3 Å². The Bertz CT molecular complexity index is 662. The van der Waals surface area contributed by atoms with E-state index in [2.05, 4.69) is 35.2 Å². The first-order valence-electron chi connectivity index (χ1n) is 7.86. The highest BCUT2D eigenvalue weighted by Crippen LogP contribution is 2.42.